The van der Waals surface area contributed by atoms with Crippen molar-refractivity contribution in [2.24, 2.45) is 0 Å². The molecule has 1 N–H and O–H groups in total. The number of halogens is 2. The molecule has 0 atom stereocenters. The molecule has 0 aliphatic heterocycles. The summed E-state index contributed by atoms with van der Waals surface area (Å²) in [6, 6.07) is 3.53. The molecule has 0 heterocycles. The first-order valence-electron chi connectivity index (χ1n) is 2.76. The Balaban J connectivity index is 3.28. The van der Waals surface area contributed by atoms with Gasteiger partial charge in [-0.3, -0.25) is 0 Å². The molecular weight excluding hydrogens is 260 g/mol. The summed E-state index contributed by atoms with van der Waals surface area (Å²) in [5.74, 6) is 0.262. The lowest BCUT2D eigenvalue weighted by molar-refractivity contribution is 0.471. The minimum Gasteiger partial charge on any atom is -0.507 e. The van der Waals surface area contributed by atoms with Crippen molar-refractivity contribution in [3.05, 3.63) is 26.6 Å². The molecule has 0 saturated carbocycles. The van der Waals surface area contributed by atoms with Gasteiger partial charge in [0.25, 0.3) is 0 Å². The molecule has 0 spiro atoms. The molecule has 3 heteroatoms. The number of benzene rings is 1. The lowest BCUT2D eigenvalue weighted by atomic mass is 10.2. The molecular formula is C7H6Br2O. The summed E-state index contributed by atoms with van der Waals surface area (Å²) in [7, 11) is 0. The van der Waals surface area contributed by atoms with Crippen molar-refractivity contribution in [3.63, 3.8) is 0 Å². The fourth-order valence-electron chi connectivity index (χ4n) is 0.636. The fraction of sp³-hybridized carbons (Fsp3) is 0.143. The molecule has 1 aromatic carbocycles. The average Bonchev–Trinajstić information content (AvgIpc) is 1.84. The fourth-order valence-corrected chi connectivity index (χ4v) is 1.42. The van der Waals surface area contributed by atoms with Crippen molar-refractivity contribution in [1.29, 1.82) is 0 Å². The standard InChI is InChI=1S/C7H6Br2O/c1-4-2-6(9)7(10)3-5(4)8/h2-3,10H,1H3. The van der Waals surface area contributed by atoms with Crippen molar-refractivity contribution in [3.8, 4) is 5.75 Å². The SMILES string of the molecule is Cc1cc(Br)c(O)cc1Br. The van der Waals surface area contributed by atoms with Crippen molar-refractivity contribution >= 4 is 31.9 Å². The smallest absolute Gasteiger partial charge is 0.130 e. The largest absolute Gasteiger partial charge is 0.507 e. The highest BCUT2D eigenvalue weighted by Crippen LogP contribution is 2.29. The van der Waals surface area contributed by atoms with Gasteiger partial charge in [0, 0.05) is 4.47 Å². The van der Waals surface area contributed by atoms with Crippen LogP contribution in [0.15, 0.2) is 21.1 Å². The molecule has 0 aliphatic rings. The summed E-state index contributed by atoms with van der Waals surface area (Å²) in [6.07, 6.45) is 0. The van der Waals surface area contributed by atoms with Crippen LogP contribution in [0, 0.1) is 6.92 Å². The zero-order valence-corrected chi connectivity index (χ0v) is 8.53. The van der Waals surface area contributed by atoms with E-state index in [9.17, 15) is 0 Å². The topological polar surface area (TPSA) is 20.2 Å². The number of rotatable bonds is 0. The van der Waals surface area contributed by atoms with Crippen LogP contribution in [0.4, 0.5) is 0 Å². The maximum Gasteiger partial charge on any atom is 0.130 e. The van der Waals surface area contributed by atoms with E-state index in [4.69, 9.17) is 5.11 Å². The summed E-state index contributed by atoms with van der Waals surface area (Å²) >= 11 is 6.51. The Bertz CT molecular complexity index is 208. The van der Waals surface area contributed by atoms with Crippen LogP contribution in [0.25, 0.3) is 0 Å². The lowest BCUT2D eigenvalue weighted by Crippen LogP contribution is -1.75. The van der Waals surface area contributed by atoms with Crippen LogP contribution in [0.2, 0.25) is 0 Å². The van der Waals surface area contributed by atoms with Gasteiger partial charge in [-0.2, -0.15) is 0 Å². The van der Waals surface area contributed by atoms with Crippen molar-refractivity contribution in [1.82, 2.24) is 0 Å². The Morgan fingerprint density at radius 2 is 1.80 bits per heavy atom. The number of hydrogen-bond acceptors (Lipinski definition) is 1. The Hall–Kier alpha value is -0.0200. The van der Waals surface area contributed by atoms with Gasteiger partial charge in [-0.05, 0) is 40.5 Å². The maximum absolute atomic E-state index is 9.15. The summed E-state index contributed by atoms with van der Waals surface area (Å²) in [4.78, 5) is 0. The van der Waals surface area contributed by atoms with Crippen LogP contribution in [0.5, 0.6) is 5.75 Å². The van der Waals surface area contributed by atoms with E-state index in [1.54, 1.807) is 6.07 Å². The van der Waals surface area contributed by atoms with E-state index in [0.717, 1.165) is 14.5 Å². The summed E-state index contributed by atoms with van der Waals surface area (Å²) in [6.45, 7) is 1.97. The van der Waals surface area contributed by atoms with Gasteiger partial charge in [0.05, 0.1) is 4.47 Å². The summed E-state index contributed by atoms with van der Waals surface area (Å²) < 4.78 is 1.65. The zero-order valence-electron chi connectivity index (χ0n) is 5.36. The second-order valence-electron chi connectivity index (χ2n) is 2.05. The van der Waals surface area contributed by atoms with E-state index in [2.05, 4.69) is 31.9 Å². The average molecular weight is 266 g/mol. The van der Waals surface area contributed by atoms with Crippen LogP contribution >= 0.6 is 31.9 Å². The van der Waals surface area contributed by atoms with Crippen LogP contribution in [-0.2, 0) is 0 Å². The minimum atomic E-state index is 0.262. The predicted octanol–water partition coefficient (Wildman–Crippen LogP) is 3.23. The highest BCUT2D eigenvalue weighted by molar-refractivity contribution is 9.11. The number of aromatic hydroxyl groups is 1. The molecule has 1 rings (SSSR count). The highest BCUT2D eigenvalue weighted by Gasteiger charge is 2.00. The van der Waals surface area contributed by atoms with E-state index in [1.807, 2.05) is 13.0 Å². The quantitative estimate of drug-likeness (QED) is 0.764. The van der Waals surface area contributed by atoms with E-state index in [-0.39, 0.29) is 5.75 Å². The first-order chi connectivity index (χ1) is 4.61. The van der Waals surface area contributed by atoms with E-state index >= 15 is 0 Å². The summed E-state index contributed by atoms with van der Waals surface area (Å²) in [5, 5.41) is 9.15. The zero-order chi connectivity index (χ0) is 7.72. The Kier molecular flexibility index (Phi) is 2.36. The minimum absolute atomic E-state index is 0.262. The third-order valence-electron chi connectivity index (χ3n) is 1.23. The Labute approximate surface area is 76.3 Å². The van der Waals surface area contributed by atoms with Crippen LogP contribution < -0.4 is 0 Å². The molecule has 0 aliphatic carbocycles. The Morgan fingerprint density at radius 3 is 2.30 bits per heavy atom. The Morgan fingerprint density at radius 1 is 1.20 bits per heavy atom. The molecule has 0 amide bonds. The van der Waals surface area contributed by atoms with Gasteiger partial charge in [0.2, 0.25) is 0 Å². The van der Waals surface area contributed by atoms with Crippen LogP contribution in [-0.4, -0.2) is 5.11 Å². The number of phenols is 1. The number of phenolic OH excluding ortho intramolecular Hbond substituents is 1. The van der Waals surface area contributed by atoms with Gasteiger partial charge in [-0.15, -0.1) is 0 Å². The van der Waals surface area contributed by atoms with Gasteiger partial charge in [0.1, 0.15) is 5.75 Å². The molecule has 0 saturated heterocycles. The molecule has 0 radical (unpaired) electrons. The van der Waals surface area contributed by atoms with E-state index in [1.165, 1.54) is 0 Å². The molecule has 0 fully saturated rings. The van der Waals surface area contributed by atoms with Crippen molar-refractivity contribution < 1.29 is 5.11 Å². The second-order valence-corrected chi connectivity index (χ2v) is 3.76. The molecule has 0 unspecified atom stereocenters. The highest BCUT2D eigenvalue weighted by atomic mass is 79.9. The van der Waals surface area contributed by atoms with E-state index in [0.29, 0.717) is 0 Å². The third-order valence-corrected chi connectivity index (χ3v) is 2.72. The molecule has 1 aromatic rings. The third kappa shape index (κ3) is 1.52. The maximum atomic E-state index is 9.15. The van der Waals surface area contributed by atoms with Gasteiger partial charge in [-0.1, -0.05) is 15.9 Å². The van der Waals surface area contributed by atoms with Gasteiger partial charge < -0.3 is 5.11 Å². The molecule has 1 nitrogen and oxygen atoms in total. The predicted molar refractivity (Wildman–Crippen MR) is 48.2 cm³/mol. The second kappa shape index (κ2) is 2.93. The summed E-state index contributed by atoms with van der Waals surface area (Å²) in [5.41, 5.74) is 1.10. The van der Waals surface area contributed by atoms with Gasteiger partial charge in [0.15, 0.2) is 0 Å². The molecule has 54 valence electrons. The first-order valence-corrected chi connectivity index (χ1v) is 4.34. The molecule has 10 heavy (non-hydrogen) atoms. The van der Waals surface area contributed by atoms with Crippen LogP contribution in [0.3, 0.4) is 0 Å². The molecule has 0 bridgehead atoms. The number of aryl methyl sites for hydroxylation is 1. The first kappa shape index (κ1) is 8.08. The van der Waals surface area contributed by atoms with Crippen molar-refractivity contribution in [2.75, 3.05) is 0 Å². The van der Waals surface area contributed by atoms with Crippen molar-refractivity contribution in [2.45, 2.75) is 6.92 Å². The van der Waals surface area contributed by atoms with E-state index < -0.39 is 0 Å². The normalized spacial score (nSPS) is 9.90. The number of hydrogen-bond donors (Lipinski definition) is 1. The van der Waals surface area contributed by atoms with Gasteiger partial charge in [-0.25, -0.2) is 0 Å². The molecule has 0 aromatic heterocycles. The van der Waals surface area contributed by atoms with Crippen LogP contribution in [0.1, 0.15) is 5.56 Å². The monoisotopic (exact) mass is 264 g/mol. The lowest BCUT2D eigenvalue weighted by Gasteiger charge is -2.00. The van der Waals surface area contributed by atoms with Gasteiger partial charge >= 0.3 is 0 Å².